The monoisotopic (exact) mass is 419 g/mol. The van der Waals surface area contributed by atoms with Crippen molar-refractivity contribution >= 4 is 11.8 Å². The smallest absolute Gasteiger partial charge is 0.237 e. The average Bonchev–Trinajstić information content (AvgIpc) is 3.09. The normalized spacial score (nSPS) is 17.3. The molecule has 0 radical (unpaired) electrons. The van der Waals surface area contributed by atoms with Gasteiger partial charge in [-0.15, -0.1) is 0 Å². The molecule has 7 nitrogen and oxygen atoms in total. The van der Waals surface area contributed by atoms with E-state index in [0.29, 0.717) is 25.2 Å². The molecule has 162 valence electrons. The first-order valence-corrected chi connectivity index (χ1v) is 9.97. The Morgan fingerprint density at radius 3 is 2.73 bits per heavy atom. The van der Waals surface area contributed by atoms with E-state index >= 15 is 0 Å². The molecular weight excluding hydrogens is 392 g/mol. The van der Waals surface area contributed by atoms with Crippen molar-refractivity contribution < 1.29 is 18.4 Å². The van der Waals surface area contributed by atoms with Gasteiger partial charge in [-0.1, -0.05) is 6.07 Å². The topological polar surface area (TPSA) is 70.5 Å². The van der Waals surface area contributed by atoms with Gasteiger partial charge in [0.2, 0.25) is 11.8 Å². The first-order chi connectivity index (χ1) is 14.3. The van der Waals surface area contributed by atoms with E-state index in [1.165, 1.54) is 6.07 Å². The molecule has 1 aliphatic rings. The van der Waals surface area contributed by atoms with Crippen LogP contribution in [0.15, 0.2) is 30.6 Å². The third kappa shape index (κ3) is 5.02. The van der Waals surface area contributed by atoms with E-state index in [-0.39, 0.29) is 30.8 Å². The summed E-state index contributed by atoms with van der Waals surface area (Å²) < 4.78 is 28.7. The fraction of sp³-hybridized carbons (Fsp3) is 0.476. The highest BCUT2D eigenvalue weighted by Gasteiger charge is 2.33. The summed E-state index contributed by atoms with van der Waals surface area (Å²) in [5.41, 5.74) is 0.551. The Bertz CT molecular complexity index is 915. The summed E-state index contributed by atoms with van der Waals surface area (Å²) in [7, 11) is 1.86. The van der Waals surface area contributed by atoms with Gasteiger partial charge in [-0.2, -0.15) is 0 Å². The number of rotatable bonds is 7. The number of carbonyl (C=O) groups is 2. The fourth-order valence-corrected chi connectivity index (χ4v) is 3.59. The predicted octanol–water partition coefficient (Wildman–Crippen LogP) is 1.83. The van der Waals surface area contributed by atoms with Crippen molar-refractivity contribution in [2.75, 3.05) is 13.1 Å². The lowest BCUT2D eigenvalue weighted by Crippen LogP contribution is -2.56. The van der Waals surface area contributed by atoms with Crippen molar-refractivity contribution in [2.24, 2.45) is 7.05 Å². The Morgan fingerprint density at radius 1 is 1.33 bits per heavy atom. The summed E-state index contributed by atoms with van der Waals surface area (Å²) in [4.78, 5) is 33.5. The summed E-state index contributed by atoms with van der Waals surface area (Å²) >= 11 is 0. The standard InChI is InChI=1S/C21H27F2N5O2/c1-14(2)28(13-19-24-6-8-26(19)3)20(29)11-18-21(30)25-7-9-27(18)12-15-4-5-16(22)17(23)10-15/h4-6,8,10,14,18H,7,9,11-13H2,1-3H3,(H,25,30). The van der Waals surface area contributed by atoms with Crippen molar-refractivity contribution in [1.29, 1.82) is 0 Å². The third-order valence-corrected chi connectivity index (χ3v) is 5.36. The lowest BCUT2D eigenvalue weighted by Gasteiger charge is -2.36. The number of nitrogens with one attached hydrogen (secondary N) is 1. The van der Waals surface area contributed by atoms with Crippen molar-refractivity contribution in [3.8, 4) is 0 Å². The molecule has 2 amide bonds. The highest BCUT2D eigenvalue weighted by Crippen LogP contribution is 2.18. The molecule has 9 heteroatoms. The molecular formula is C21H27F2N5O2. The first kappa shape index (κ1) is 21.9. The number of piperazine rings is 1. The maximum absolute atomic E-state index is 13.6. The summed E-state index contributed by atoms with van der Waals surface area (Å²) in [5.74, 6) is -1.49. The second-order valence-electron chi connectivity index (χ2n) is 7.80. The van der Waals surface area contributed by atoms with Crippen LogP contribution in [0, 0.1) is 11.6 Å². The van der Waals surface area contributed by atoms with Crippen LogP contribution in [0.25, 0.3) is 0 Å². The number of benzene rings is 1. The molecule has 30 heavy (non-hydrogen) atoms. The largest absolute Gasteiger partial charge is 0.353 e. The average molecular weight is 419 g/mol. The van der Waals surface area contributed by atoms with Crippen LogP contribution in [0.1, 0.15) is 31.7 Å². The maximum atomic E-state index is 13.6. The van der Waals surface area contributed by atoms with E-state index in [2.05, 4.69) is 10.3 Å². The van der Waals surface area contributed by atoms with Crippen LogP contribution >= 0.6 is 0 Å². The van der Waals surface area contributed by atoms with Crippen LogP contribution in [0.3, 0.4) is 0 Å². The van der Waals surface area contributed by atoms with Gasteiger partial charge in [0, 0.05) is 45.1 Å². The highest BCUT2D eigenvalue weighted by molar-refractivity contribution is 5.89. The van der Waals surface area contributed by atoms with E-state index in [9.17, 15) is 18.4 Å². The third-order valence-electron chi connectivity index (χ3n) is 5.36. The molecule has 0 spiro atoms. The van der Waals surface area contributed by atoms with Crippen LogP contribution in [0.2, 0.25) is 0 Å². The number of nitrogens with zero attached hydrogens (tertiary/aromatic N) is 4. The zero-order chi connectivity index (χ0) is 21.8. The Balaban J connectivity index is 1.74. The summed E-state index contributed by atoms with van der Waals surface area (Å²) in [6.45, 7) is 5.39. The van der Waals surface area contributed by atoms with Crippen LogP contribution in [-0.2, 0) is 29.7 Å². The second-order valence-corrected chi connectivity index (χ2v) is 7.80. The number of amides is 2. The maximum Gasteiger partial charge on any atom is 0.237 e. The van der Waals surface area contributed by atoms with E-state index in [4.69, 9.17) is 0 Å². The van der Waals surface area contributed by atoms with Crippen LogP contribution in [-0.4, -0.2) is 56.3 Å². The van der Waals surface area contributed by atoms with Crippen LogP contribution in [0.5, 0.6) is 0 Å². The molecule has 1 atom stereocenters. The Labute approximate surface area is 174 Å². The minimum atomic E-state index is -0.928. The lowest BCUT2D eigenvalue weighted by molar-refractivity contribution is -0.140. The predicted molar refractivity (Wildman–Crippen MR) is 107 cm³/mol. The number of halogens is 2. The molecule has 1 N–H and O–H groups in total. The number of carbonyl (C=O) groups excluding carboxylic acids is 2. The number of hydrogen-bond acceptors (Lipinski definition) is 4. The van der Waals surface area contributed by atoms with Crippen LogP contribution in [0.4, 0.5) is 8.78 Å². The van der Waals surface area contributed by atoms with Gasteiger partial charge in [-0.3, -0.25) is 14.5 Å². The van der Waals surface area contributed by atoms with E-state index in [1.807, 2.05) is 36.6 Å². The zero-order valence-electron chi connectivity index (χ0n) is 17.4. The number of aryl methyl sites for hydroxylation is 1. The molecule has 1 aromatic heterocycles. The number of aromatic nitrogens is 2. The van der Waals surface area contributed by atoms with Crippen molar-refractivity contribution in [2.45, 2.75) is 45.4 Å². The van der Waals surface area contributed by atoms with Gasteiger partial charge in [0.05, 0.1) is 19.0 Å². The molecule has 1 aliphatic heterocycles. The summed E-state index contributed by atoms with van der Waals surface area (Å²) in [6.07, 6.45) is 3.49. The van der Waals surface area contributed by atoms with Gasteiger partial charge in [0.15, 0.2) is 11.6 Å². The fourth-order valence-electron chi connectivity index (χ4n) is 3.59. The minimum Gasteiger partial charge on any atom is -0.353 e. The van der Waals surface area contributed by atoms with Crippen LogP contribution < -0.4 is 5.32 Å². The molecule has 0 bridgehead atoms. The molecule has 0 aliphatic carbocycles. The van der Waals surface area contributed by atoms with Crippen molar-refractivity contribution in [1.82, 2.24) is 24.7 Å². The number of imidazole rings is 1. The lowest BCUT2D eigenvalue weighted by atomic mass is 10.1. The van der Waals surface area contributed by atoms with Gasteiger partial charge in [0.25, 0.3) is 0 Å². The summed E-state index contributed by atoms with van der Waals surface area (Å²) in [6, 6.07) is 2.94. The van der Waals surface area contributed by atoms with E-state index in [0.717, 1.165) is 18.0 Å². The molecule has 1 fully saturated rings. The molecule has 2 aromatic rings. The van der Waals surface area contributed by atoms with Crippen molar-refractivity contribution in [3.63, 3.8) is 0 Å². The molecule has 2 heterocycles. The van der Waals surface area contributed by atoms with Gasteiger partial charge in [0.1, 0.15) is 5.82 Å². The second kappa shape index (κ2) is 9.34. The van der Waals surface area contributed by atoms with E-state index in [1.54, 1.807) is 11.1 Å². The highest BCUT2D eigenvalue weighted by atomic mass is 19.2. The zero-order valence-corrected chi connectivity index (χ0v) is 17.4. The SMILES string of the molecule is CC(C)N(Cc1nccn1C)C(=O)CC1C(=O)NCCN1Cc1ccc(F)c(F)c1. The van der Waals surface area contributed by atoms with Gasteiger partial charge in [-0.25, -0.2) is 13.8 Å². The molecule has 1 unspecified atom stereocenters. The Kier molecular flexibility index (Phi) is 6.81. The van der Waals surface area contributed by atoms with Crippen molar-refractivity contribution in [3.05, 3.63) is 53.6 Å². The molecule has 1 aromatic carbocycles. The number of hydrogen-bond donors (Lipinski definition) is 1. The van der Waals surface area contributed by atoms with E-state index < -0.39 is 17.7 Å². The van der Waals surface area contributed by atoms with Gasteiger partial charge in [-0.05, 0) is 31.5 Å². The van der Waals surface area contributed by atoms with Gasteiger partial charge < -0.3 is 14.8 Å². The Morgan fingerprint density at radius 2 is 2.10 bits per heavy atom. The molecule has 1 saturated heterocycles. The molecule has 3 rings (SSSR count). The van der Waals surface area contributed by atoms with Gasteiger partial charge >= 0.3 is 0 Å². The Hall–Kier alpha value is -2.81. The molecule has 0 saturated carbocycles. The summed E-state index contributed by atoms with van der Waals surface area (Å²) in [5, 5.41) is 2.79. The first-order valence-electron chi connectivity index (χ1n) is 9.97. The quantitative estimate of drug-likeness (QED) is 0.743. The minimum absolute atomic E-state index is 0.00187.